The molecule has 4 aliphatic carbocycles. The Morgan fingerprint density at radius 3 is 2.18 bits per heavy atom. The van der Waals surface area contributed by atoms with E-state index in [1.54, 1.807) is 5.57 Å². The van der Waals surface area contributed by atoms with Crippen molar-refractivity contribution < 1.29 is 4.74 Å². The van der Waals surface area contributed by atoms with Crippen LogP contribution in [0, 0.1) is 52.3 Å². The molecule has 4 aliphatic rings. The molecule has 0 saturated heterocycles. The van der Waals surface area contributed by atoms with Gasteiger partial charge in [0.25, 0.3) is 0 Å². The van der Waals surface area contributed by atoms with Gasteiger partial charge in [-0.15, -0.1) is 0 Å². The van der Waals surface area contributed by atoms with E-state index in [-0.39, 0.29) is 0 Å². The highest BCUT2D eigenvalue weighted by Crippen LogP contribution is 2.67. The van der Waals surface area contributed by atoms with Crippen LogP contribution in [0.2, 0.25) is 0 Å². The minimum absolute atomic E-state index is 0.459. The molecule has 0 aromatic rings. The summed E-state index contributed by atoms with van der Waals surface area (Å²) in [4.78, 5) is 0. The van der Waals surface area contributed by atoms with Gasteiger partial charge in [0.2, 0.25) is 0 Å². The molecule has 0 spiro atoms. The fourth-order valence-electron chi connectivity index (χ4n) is 10.4. The second-order valence-electron chi connectivity index (χ2n) is 16.3. The van der Waals surface area contributed by atoms with Gasteiger partial charge in [-0.05, 0) is 110 Å². The maximum Gasteiger partial charge on any atom is 0.0612 e. The average Bonchev–Trinajstić information content (AvgIpc) is 3.24. The van der Waals surface area contributed by atoms with Gasteiger partial charge in [-0.1, -0.05) is 118 Å². The van der Waals surface area contributed by atoms with E-state index in [0.717, 1.165) is 48.0 Å². The number of unbranched alkanes of at least 4 members (excludes halogenated alkanes) is 5. The zero-order valence-electron chi connectivity index (χ0n) is 27.5. The third kappa shape index (κ3) is 7.56. The van der Waals surface area contributed by atoms with Crippen molar-refractivity contribution in [3.05, 3.63) is 11.6 Å². The second-order valence-corrected chi connectivity index (χ2v) is 16.3. The van der Waals surface area contributed by atoms with Crippen LogP contribution in [-0.4, -0.2) is 12.7 Å². The molecule has 226 valence electrons. The van der Waals surface area contributed by atoms with Crippen LogP contribution in [0.3, 0.4) is 0 Å². The summed E-state index contributed by atoms with van der Waals surface area (Å²) in [5.74, 6) is 6.47. The smallest absolute Gasteiger partial charge is 0.0612 e. The van der Waals surface area contributed by atoms with Crippen LogP contribution in [0.15, 0.2) is 11.6 Å². The van der Waals surface area contributed by atoms with Gasteiger partial charge in [0.15, 0.2) is 0 Å². The highest BCUT2D eigenvalue weighted by Gasteiger charge is 2.59. The summed E-state index contributed by atoms with van der Waals surface area (Å²) in [6.45, 7) is 18.5. The second kappa shape index (κ2) is 14.2. The van der Waals surface area contributed by atoms with E-state index in [4.69, 9.17) is 4.74 Å². The molecule has 0 heterocycles. The van der Waals surface area contributed by atoms with E-state index in [0.29, 0.717) is 16.9 Å². The van der Waals surface area contributed by atoms with Crippen LogP contribution in [0.4, 0.5) is 0 Å². The average molecular weight is 541 g/mol. The van der Waals surface area contributed by atoms with E-state index < -0.39 is 0 Å². The van der Waals surface area contributed by atoms with Gasteiger partial charge in [0.05, 0.1) is 6.10 Å². The Labute approximate surface area is 245 Å². The summed E-state index contributed by atoms with van der Waals surface area (Å²) < 4.78 is 6.50. The normalized spacial score (nSPS) is 36.9. The van der Waals surface area contributed by atoms with E-state index in [1.165, 1.54) is 116 Å². The number of allylic oxidation sites excluding steroid dienone is 1. The summed E-state index contributed by atoms with van der Waals surface area (Å²) in [5.41, 5.74) is 2.86. The van der Waals surface area contributed by atoms with Gasteiger partial charge >= 0.3 is 0 Å². The van der Waals surface area contributed by atoms with E-state index >= 15 is 0 Å². The number of ether oxygens (including phenoxy) is 1. The quantitative estimate of drug-likeness (QED) is 0.148. The maximum absolute atomic E-state index is 6.50. The van der Waals surface area contributed by atoms with Crippen molar-refractivity contribution >= 4 is 0 Å². The highest BCUT2D eigenvalue weighted by atomic mass is 16.5. The Morgan fingerprint density at radius 2 is 1.44 bits per heavy atom. The summed E-state index contributed by atoms with van der Waals surface area (Å²) >= 11 is 0. The van der Waals surface area contributed by atoms with Crippen LogP contribution in [0.5, 0.6) is 0 Å². The van der Waals surface area contributed by atoms with Crippen molar-refractivity contribution in [1.29, 1.82) is 0 Å². The van der Waals surface area contributed by atoms with Crippen LogP contribution in [0.25, 0.3) is 0 Å². The van der Waals surface area contributed by atoms with Crippen molar-refractivity contribution in [2.45, 2.75) is 170 Å². The molecule has 39 heavy (non-hydrogen) atoms. The van der Waals surface area contributed by atoms with Gasteiger partial charge in [0.1, 0.15) is 0 Å². The standard InChI is InChI=1S/C38H68O/c1-28(2)15-12-10-8-9-11-13-26-39-32-22-24-37(6)31(27-32)18-19-33-35-21-20-34(30(5)17-14-16-29(3)4)38(35,7)25-23-36(33)37/h18,28-30,32-36H,8-17,19-27H2,1-7H3/t30?,32-,33?,34?,35?,36?,37?,38?/m0/s1. The first-order valence-corrected chi connectivity index (χ1v) is 18.0. The Balaban J connectivity index is 1.24. The molecular formula is C38H68O. The summed E-state index contributed by atoms with van der Waals surface area (Å²) in [7, 11) is 0. The molecule has 0 aromatic heterocycles. The summed E-state index contributed by atoms with van der Waals surface area (Å²) in [6, 6.07) is 0. The third-order valence-electron chi connectivity index (χ3n) is 12.8. The van der Waals surface area contributed by atoms with Gasteiger partial charge in [-0.25, -0.2) is 0 Å². The Morgan fingerprint density at radius 1 is 0.744 bits per heavy atom. The lowest BCUT2D eigenvalue weighted by atomic mass is 9.47. The molecule has 0 radical (unpaired) electrons. The highest BCUT2D eigenvalue weighted by molar-refractivity contribution is 5.25. The maximum atomic E-state index is 6.50. The van der Waals surface area contributed by atoms with Crippen molar-refractivity contribution in [1.82, 2.24) is 0 Å². The molecular weight excluding hydrogens is 472 g/mol. The third-order valence-corrected chi connectivity index (χ3v) is 12.8. The van der Waals surface area contributed by atoms with Crippen LogP contribution < -0.4 is 0 Å². The first-order chi connectivity index (χ1) is 18.6. The van der Waals surface area contributed by atoms with E-state index in [1.807, 2.05) is 0 Å². The summed E-state index contributed by atoms with van der Waals surface area (Å²) in [6.07, 6.45) is 28.5. The van der Waals surface area contributed by atoms with E-state index in [2.05, 4.69) is 54.5 Å². The van der Waals surface area contributed by atoms with Gasteiger partial charge < -0.3 is 4.74 Å². The molecule has 0 aliphatic heterocycles. The number of hydrogen-bond acceptors (Lipinski definition) is 1. The Bertz CT molecular complexity index is 765. The number of hydrogen-bond donors (Lipinski definition) is 0. The molecule has 8 atom stereocenters. The molecule has 3 saturated carbocycles. The molecule has 3 fully saturated rings. The van der Waals surface area contributed by atoms with Crippen molar-refractivity contribution in [2.75, 3.05) is 6.61 Å². The Kier molecular flexibility index (Phi) is 11.6. The fraction of sp³-hybridized carbons (Fsp3) is 0.947. The number of rotatable bonds is 15. The first kappa shape index (κ1) is 31.6. The lowest BCUT2D eigenvalue weighted by Crippen LogP contribution is -2.51. The molecule has 1 heteroatoms. The van der Waals surface area contributed by atoms with Gasteiger partial charge in [-0.2, -0.15) is 0 Å². The largest absolute Gasteiger partial charge is 0.378 e. The Hall–Kier alpha value is -0.300. The molecule has 1 nitrogen and oxygen atoms in total. The molecule has 0 bridgehead atoms. The SMILES string of the molecule is CC(C)CCCCCCCCO[C@H]1CCC2(C)C(=CCC3C2CCC2(C)C(C(C)CCCC(C)C)CCC32)C1. The minimum Gasteiger partial charge on any atom is -0.378 e. The molecule has 4 rings (SSSR count). The van der Waals surface area contributed by atoms with Crippen molar-refractivity contribution in [3.8, 4) is 0 Å². The molecule has 0 N–H and O–H groups in total. The zero-order chi connectivity index (χ0) is 28.0. The zero-order valence-corrected chi connectivity index (χ0v) is 27.5. The van der Waals surface area contributed by atoms with Crippen molar-refractivity contribution in [2.24, 2.45) is 52.3 Å². The molecule has 7 unspecified atom stereocenters. The van der Waals surface area contributed by atoms with Crippen LogP contribution in [-0.2, 0) is 4.74 Å². The van der Waals surface area contributed by atoms with Crippen LogP contribution >= 0.6 is 0 Å². The molecule has 0 aromatic carbocycles. The lowest BCUT2D eigenvalue weighted by molar-refractivity contribution is -0.0641. The fourth-order valence-corrected chi connectivity index (χ4v) is 10.4. The van der Waals surface area contributed by atoms with Crippen molar-refractivity contribution in [3.63, 3.8) is 0 Å². The first-order valence-electron chi connectivity index (χ1n) is 18.0. The molecule has 0 amide bonds. The van der Waals surface area contributed by atoms with Crippen LogP contribution in [0.1, 0.15) is 164 Å². The summed E-state index contributed by atoms with van der Waals surface area (Å²) in [5, 5.41) is 0. The predicted octanol–water partition coefficient (Wildman–Crippen LogP) is 11.8. The van der Waals surface area contributed by atoms with E-state index in [9.17, 15) is 0 Å². The predicted molar refractivity (Wildman–Crippen MR) is 170 cm³/mol. The monoisotopic (exact) mass is 541 g/mol. The minimum atomic E-state index is 0.459. The number of fused-ring (bicyclic) bond motifs is 5. The van der Waals surface area contributed by atoms with Gasteiger partial charge in [-0.3, -0.25) is 0 Å². The lowest BCUT2D eigenvalue weighted by Gasteiger charge is -2.58. The topological polar surface area (TPSA) is 9.23 Å². The van der Waals surface area contributed by atoms with Gasteiger partial charge in [0, 0.05) is 6.61 Å².